The maximum Gasteiger partial charge on any atom is 0.359 e. The molecule has 2 fully saturated rings. The molecular weight excluding hydrogens is 395 g/mol. The zero-order chi connectivity index (χ0) is 22.9. The second kappa shape index (κ2) is 10.4. The van der Waals surface area contributed by atoms with Crippen LogP contribution in [0.25, 0.3) is 0 Å². The molecule has 0 heterocycles. The molecule has 0 amide bonds. The Hall–Kier alpha value is 0.110. The Morgan fingerprint density at radius 2 is 1.17 bits per heavy atom. The predicted octanol–water partition coefficient (Wildman–Crippen LogP) is 7.50. The van der Waals surface area contributed by atoms with Gasteiger partial charge in [0.25, 0.3) is 0 Å². The fourth-order valence-corrected chi connectivity index (χ4v) is 7.93. The van der Waals surface area contributed by atoms with E-state index in [1.807, 2.05) is 20.8 Å². The average Bonchev–Trinajstić information content (AvgIpc) is 2.59. The van der Waals surface area contributed by atoms with Gasteiger partial charge in [-0.2, -0.15) is 0 Å². The maximum atomic E-state index is 14.4. The number of hydrogen-bond donors (Lipinski definition) is 1. The van der Waals surface area contributed by atoms with Crippen molar-refractivity contribution in [1.82, 2.24) is 0 Å². The highest BCUT2D eigenvalue weighted by molar-refractivity contribution is 7.54. The zero-order valence-electron chi connectivity index (χ0n) is 21.1. The van der Waals surface area contributed by atoms with Crippen LogP contribution in [0.3, 0.4) is 0 Å². The fourth-order valence-electron chi connectivity index (χ4n) is 5.46. The SMILES string of the molecule is CC(C)[C@H]1CC[C@H](C)C[C@H]1OP(=O)(O[C@@H]1C[C@@H](C)CC[C@@H]1C(C)C)[C@H](O)C(C)(C)C. The van der Waals surface area contributed by atoms with Crippen molar-refractivity contribution in [2.75, 3.05) is 0 Å². The van der Waals surface area contributed by atoms with E-state index in [9.17, 15) is 9.67 Å². The van der Waals surface area contributed by atoms with E-state index in [4.69, 9.17) is 9.05 Å². The second-order valence-corrected chi connectivity index (χ2v) is 14.2. The highest BCUT2D eigenvalue weighted by Gasteiger charge is 2.49. The van der Waals surface area contributed by atoms with Crippen LogP contribution in [0.5, 0.6) is 0 Å². The van der Waals surface area contributed by atoms with Gasteiger partial charge < -0.3 is 14.2 Å². The van der Waals surface area contributed by atoms with Crippen LogP contribution in [0.1, 0.15) is 101 Å². The summed E-state index contributed by atoms with van der Waals surface area (Å²) in [4.78, 5) is 0. The van der Waals surface area contributed by atoms with Crippen molar-refractivity contribution in [3.05, 3.63) is 0 Å². The van der Waals surface area contributed by atoms with E-state index in [1.165, 1.54) is 12.8 Å². The quantitative estimate of drug-likeness (QED) is 0.413. The Balaban J connectivity index is 2.34. The minimum absolute atomic E-state index is 0.116. The molecule has 2 aliphatic carbocycles. The summed E-state index contributed by atoms with van der Waals surface area (Å²) in [5.41, 5.74) is -0.573. The number of aliphatic hydroxyl groups is 1. The van der Waals surface area contributed by atoms with E-state index in [0.717, 1.165) is 25.7 Å². The van der Waals surface area contributed by atoms with Gasteiger partial charge in [0, 0.05) is 0 Å². The van der Waals surface area contributed by atoms with E-state index < -0.39 is 18.9 Å². The third kappa shape index (κ3) is 6.56. The molecule has 4 nitrogen and oxygen atoms in total. The Bertz CT molecular complexity index is 544. The largest absolute Gasteiger partial charge is 0.380 e. The first-order valence-corrected chi connectivity index (χ1v) is 14.0. The molecular formula is C25H49O4P. The van der Waals surface area contributed by atoms with Gasteiger partial charge in [-0.3, -0.25) is 4.57 Å². The van der Waals surface area contributed by atoms with Gasteiger partial charge in [-0.15, -0.1) is 0 Å². The second-order valence-electron chi connectivity index (χ2n) is 12.2. The lowest BCUT2D eigenvalue weighted by Crippen LogP contribution is -2.39. The van der Waals surface area contributed by atoms with Crippen LogP contribution in [0.15, 0.2) is 0 Å². The van der Waals surface area contributed by atoms with Gasteiger partial charge in [0.1, 0.15) is 0 Å². The molecule has 0 aromatic heterocycles. The molecule has 1 N–H and O–H groups in total. The summed E-state index contributed by atoms with van der Waals surface area (Å²) in [6.07, 6.45) is 6.10. The normalized spacial score (nSPS) is 35.1. The summed E-state index contributed by atoms with van der Waals surface area (Å²) in [7, 11) is -3.72. The maximum absolute atomic E-state index is 14.4. The Kier molecular flexibility index (Phi) is 9.11. The first-order valence-electron chi connectivity index (χ1n) is 12.4. The molecule has 0 spiro atoms. The van der Waals surface area contributed by atoms with Crippen molar-refractivity contribution in [2.24, 2.45) is 40.9 Å². The fraction of sp³-hybridized carbons (Fsp3) is 1.00. The van der Waals surface area contributed by atoms with Crippen LogP contribution in [0, 0.1) is 40.9 Å². The van der Waals surface area contributed by atoms with Crippen molar-refractivity contribution >= 4 is 7.60 Å². The summed E-state index contributed by atoms with van der Waals surface area (Å²) in [5, 5.41) is 11.2. The molecule has 178 valence electrons. The molecule has 7 atom stereocenters. The van der Waals surface area contributed by atoms with Crippen LogP contribution < -0.4 is 0 Å². The van der Waals surface area contributed by atoms with Gasteiger partial charge in [0.05, 0.1) is 12.2 Å². The third-order valence-electron chi connectivity index (χ3n) is 7.56. The van der Waals surface area contributed by atoms with Gasteiger partial charge in [-0.05, 0) is 66.6 Å². The summed E-state index contributed by atoms with van der Waals surface area (Å²) < 4.78 is 27.3. The number of aliphatic hydroxyl groups excluding tert-OH is 1. The lowest BCUT2D eigenvalue weighted by Gasteiger charge is -2.44. The molecule has 0 radical (unpaired) electrons. The molecule has 30 heavy (non-hydrogen) atoms. The van der Waals surface area contributed by atoms with Crippen molar-refractivity contribution in [1.29, 1.82) is 0 Å². The highest BCUT2D eigenvalue weighted by atomic mass is 31.2. The molecule has 0 aliphatic heterocycles. The van der Waals surface area contributed by atoms with Crippen LogP contribution >= 0.6 is 7.60 Å². The summed E-state index contributed by atoms with van der Waals surface area (Å²) in [6.45, 7) is 19.1. The van der Waals surface area contributed by atoms with Crippen LogP contribution in [0.4, 0.5) is 0 Å². The monoisotopic (exact) mass is 444 g/mol. The molecule has 0 saturated heterocycles. The smallest absolute Gasteiger partial charge is 0.359 e. The first-order chi connectivity index (χ1) is 13.7. The van der Waals surface area contributed by atoms with Crippen LogP contribution in [-0.2, 0) is 13.6 Å². The van der Waals surface area contributed by atoms with Gasteiger partial charge in [-0.25, -0.2) is 0 Å². The molecule has 5 heteroatoms. The molecule has 2 rings (SSSR count). The van der Waals surface area contributed by atoms with Gasteiger partial charge >= 0.3 is 7.60 Å². The topological polar surface area (TPSA) is 55.8 Å². The highest BCUT2D eigenvalue weighted by Crippen LogP contribution is 2.62. The van der Waals surface area contributed by atoms with Gasteiger partial charge in [0.15, 0.2) is 5.85 Å². The average molecular weight is 445 g/mol. The third-order valence-corrected chi connectivity index (χ3v) is 10.1. The molecule has 0 bridgehead atoms. The Morgan fingerprint density at radius 3 is 1.47 bits per heavy atom. The van der Waals surface area contributed by atoms with E-state index in [-0.39, 0.29) is 12.2 Å². The minimum Gasteiger partial charge on any atom is -0.380 e. The lowest BCUT2D eigenvalue weighted by atomic mass is 9.75. The molecule has 2 saturated carbocycles. The number of rotatable bonds is 7. The lowest BCUT2D eigenvalue weighted by molar-refractivity contribution is -0.0251. The first kappa shape index (κ1) is 26.4. The molecule has 0 unspecified atom stereocenters. The van der Waals surface area contributed by atoms with Crippen molar-refractivity contribution < 1.29 is 18.7 Å². The molecule has 0 aromatic rings. The van der Waals surface area contributed by atoms with Crippen molar-refractivity contribution in [2.45, 2.75) is 119 Å². The molecule has 0 aromatic carbocycles. The van der Waals surface area contributed by atoms with E-state index in [2.05, 4.69) is 41.5 Å². The minimum atomic E-state index is -3.72. The van der Waals surface area contributed by atoms with E-state index >= 15 is 0 Å². The summed E-state index contributed by atoms with van der Waals surface area (Å²) in [5.74, 6) is 1.60. The Morgan fingerprint density at radius 1 is 0.800 bits per heavy atom. The van der Waals surface area contributed by atoms with Crippen LogP contribution in [0.2, 0.25) is 0 Å². The predicted molar refractivity (Wildman–Crippen MR) is 126 cm³/mol. The molecule has 2 aliphatic rings. The summed E-state index contributed by atoms with van der Waals surface area (Å²) >= 11 is 0. The Labute approximate surface area is 186 Å². The van der Waals surface area contributed by atoms with Crippen molar-refractivity contribution in [3.8, 4) is 0 Å². The van der Waals surface area contributed by atoms with Crippen molar-refractivity contribution in [3.63, 3.8) is 0 Å². The van der Waals surface area contributed by atoms with Crippen LogP contribution in [-0.4, -0.2) is 23.2 Å². The zero-order valence-corrected chi connectivity index (χ0v) is 22.0. The standard InChI is InChI=1S/C25H49O4P/c1-16(2)20-12-10-18(5)14-22(20)28-30(27,24(26)25(7,8)9)29-23-15-19(6)11-13-21(23)17(3)4/h16-24,26H,10-15H2,1-9H3/t18-,19-,20+,21+,22+,23+,24-/m0/s1. The summed E-state index contributed by atoms with van der Waals surface area (Å²) in [6, 6.07) is 0. The van der Waals surface area contributed by atoms with E-state index in [1.54, 1.807) is 0 Å². The van der Waals surface area contributed by atoms with E-state index in [0.29, 0.717) is 35.5 Å². The number of hydrogen-bond acceptors (Lipinski definition) is 4. The van der Waals surface area contributed by atoms with Gasteiger partial charge in [-0.1, -0.05) is 75.2 Å². The van der Waals surface area contributed by atoms with Gasteiger partial charge in [0.2, 0.25) is 0 Å².